The molecule has 0 saturated carbocycles. The van der Waals surface area contributed by atoms with E-state index in [1.54, 1.807) is 0 Å². The fourth-order valence-electron chi connectivity index (χ4n) is 1.58. The van der Waals surface area contributed by atoms with Gasteiger partial charge in [-0.15, -0.1) is 0 Å². The summed E-state index contributed by atoms with van der Waals surface area (Å²) in [6, 6.07) is 10.9. The normalized spacial score (nSPS) is 10.4. The van der Waals surface area contributed by atoms with Crippen molar-refractivity contribution in [2.24, 2.45) is 0 Å². The quantitative estimate of drug-likeness (QED) is 0.758. The molecule has 0 aromatic heterocycles. The van der Waals surface area contributed by atoms with E-state index in [0.717, 1.165) is 17.0 Å². The zero-order valence-corrected chi connectivity index (χ0v) is 11.1. The van der Waals surface area contributed by atoms with Crippen LogP contribution >= 0.6 is 15.9 Å². The zero-order valence-electron chi connectivity index (χ0n) is 9.50. The van der Waals surface area contributed by atoms with E-state index < -0.39 is 11.6 Å². The molecule has 0 aliphatic heterocycles. The number of benzene rings is 2. The van der Waals surface area contributed by atoms with Crippen LogP contribution in [0.2, 0.25) is 0 Å². The molecule has 0 saturated heterocycles. The third-order valence-corrected chi connectivity index (χ3v) is 3.03. The van der Waals surface area contributed by atoms with Gasteiger partial charge in [-0.05, 0) is 35.4 Å². The summed E-state index contributed by atoms with van der Waals surface area (Å²) in [5.74, 6) is -0.512. The Hall–Kier alpha value is -1.42. The third kappa shape index (κ3) is 3.53. The Morgan fingerprint density at radius 2 is 1.67 bits per heavy atom. The van der Waals surface area contributed by atoms with Gasteiger partial charge in [0, 0.05) is 11.4 Å². The summed E-state index contributed by atoms with van der Waals surface area (Å²) in [6.45, 7) is 0.139. The maximum absolute atomic E-state index is 13.0. The van der Waals surface area contributed by atoms with Gasteiger partial charge in [-0.3, -0.25) is 0 Å². The smallest absolute Gasteiger partial charge is 0.126 e. The number of alkyl halides is 1. The van der Waals surface area contributed by atoms with Gasteiger partial charge in [-0.1, -0.05) is 28.1 Å². The highest BCUT2D eigenvalue weighted by atomic mass is 79.9. The van der Waals surface area contributed by atoms with Crippen LogP contribution in [-0.2, 0) is 11.9 Å². The molecule has 0 spiro atoms. The van der Waals surface area contributed by atoms with Gasteiger partial charge in [0.2, 0.25) is 0 Å². The van der Waals surface area contributed by atoms with E-state index in [1.807, 2.05) is 24.3 Å². The van der Waals surface area contributed by atoms with Crippen molar-refractivity contribution in [1.82, 2.24) is 0 Å². The van der Waals surface area contributed by atoms with Crippen molar-refractivity contribution in [1.29, 1.82) is 0 Å². The van der Waals surface area contributed by atoms with Crippen LogP contribution < -0.4 is 4.74 Å². The summed E-state index contributed by atoms with van der Waals surface area (Å²) in [5, 5.41) is 0.735. The van der Waals surface area contributed by atoms with Crippen molar-refractivity contribution in [2.75, 3.05) is 0 Å². The molecule has 0 atom stereocenters. The van der Waals surface area contributed by atoms with Gasteiger partial charge >= 0.3 is 0 Å². The fourth-order valence-corrected chi connectivity index (χ4v) is 1.93. The topological polar surface area (TPSA) is 9.23 Å². The molecule has 4 heteroatoms. The SMILES string of the molecule is Fc1cc(F)cc(COc2cccc(CBr)c2)c1. The van der Waals surface area contributed by atoms with Gasteiger partial charge in [-0.2, -0.15) is 0 Å². The fraction of sp³-hybridized carbons (Fsp3) is 0.143. The van der Waals surface area contributed by atoms with Gasteiger partial charge in [0.05, 0.1) is 0 Å². The van der Waals surface area contributed by atoms with Crippen LogP contribution in [0, 0.1) is 11.6 Å². The maximum atomic E-state index is 13.0. The number of hydrogen-bond acceptors (Lipinski definition) is 1. The number of hydrogen-bond donors (Lipinski definition) is 0. The summed E-state index contributed by atoms with van der Waals surface area (Å²) in [6.07, 6.45) is 0. The van der Waals surface area contributed by atoms with E-state index >= 15 is 0 Å². The largest absolute Gasteiger partial charge is 0.489 e. The van der Waals surface area contributed by atoms with Crippen molar-refractivity contribution in [3.05, 3.63) is 65.2 Å². The van der Waals surface area contributed by atoms with Crippen LogP contribution in [0.15, 0.2) is 42.5 Å². The van der Waals surface area contributed by atoms with Gasteiger partial charge in [0.25, 0.3) is 0 Å². The predicted molar refractivity (Wildman–Crippen MR) is 69.8 cm³/mol. The third-order valence-electron chi connectivity index (χ3n) is 2.38. The lowest BCUT2D eigenvalue weighted by Gasteiger charge is -2.07. The Morgan fingerprint density at radius 1 is 0.944 bits per heavy atom. The average Bonchev–Trinajstić information content (AvgIpc) is 2.35. The van der Waals surface area contributed by atoms with E-state index in [9.17, 15) is 8.78 Å². The molecule has 1 nitrogen and oxygen atoms in total. The van der Waals surface area contributed by atoms with Gasteiger partial charge in [-0.25, -0.2) is 8.78 Å². The molecular formula is C14H11BrF2O. The van der Waals surface area contributed by atoms with E-state index in [-0.39, 0.29) is 6.61 Å². The van der Waals surface area contributed by atoms with Crippen molar-refractivity contribution in [2.45, 2.75) is 11.9 Å². The minimum Gasteiger partial charge on any atom is -0.489 e. The molecule has 2 aromatic carbocycles. The summed E-state index contributed by atoms with van der Waals surface area (Å²) >= 11 is 3.35. The van der Waals surface area contributed by atoms with Crippen molar-refractivity contribution in [3.63, 3.8) is 0 Å². The zero-order chi connectivity index (χ0) is 13.0. The molecule has 0 fully saturated rings. The molecule has 94 valence electrons. The molecule has 0 heterocycles. The van der Waals surface area contributed by atoms with Gasteiger partial charge < -0.3 is 4.74 Å². The minimum absolute atomic E-state index is 0.139. The molecule has 0 amide bonds. The van der Waals surface area contributed by atoms with Gasteiger partial charge in [0.15, 0.2) is 0 Å². The second-order valence-electron chi connectivity index (χ2n) is 3.85. The van der Waals surface area contributed by atoms with E-state index in [4.69, 9.17) is 4.74 Å². The molecule has 0 aliphatic rings. The molecule has 0 bridgehead atoms. The molecule has 0 N–H and O–H groups in total. The number of halogens is 3. The maximum Gasteiger partial charge on any atom is 0.126 e. The van der Waals surface area contributed by atoms with Crippen molar-refractivity contribution in [3.8, 4) is 5.75 Å². The average molecular weight is 313 g/mol. The Balaban J connectivity index is 2.06. The molecular weight excluding hydrogens is 302 g/mol. The molecule has 2 aromatic rings. The molecule has 18 heavy (non-hydrogen) atoms. The Labute approximate surface area is 113 Å². The van der Waals surface area contributed by atoms with Crippen LogP contribution in [0.3, 0.4) is 0 Å². The second-order valence-corrected chi connectivity index (χ2v) is 4.41. The highest BCUT2D eigenvalue weighted by Gasteiger charge is 2.02. The molecule has 2 rings (SSSR count). The van der Waals surface area contributed by atoms with E-state index in [2.05, 4.69) is 15.9 Å². The highest BCUT2D eigenvalue weighted by Crippen LogP contribution is 2.17. The van der Waals surface area contributed by atoms with Gasteiger partial charge in [0.1, 0.15) is 24.0 Å². The lowest BCUT2D eigenvalue weighted by molar-refractivity contribution is 0.304. The number of rotatable bonds is 4. The first-order valence-corrected chi connectivity index (χ1v) is 6.52. The standard InChI is InChI=1S/C14H11BrF2O/c15-8-10-2-1-3-14(6-10)18-9-11-4-12(16)7-13(17)5-11/h1-7H,8-9H2. The first-order valence-electron chi connectivity index (χ1n) is 5.40. The first-order chi connectivity index (χ1) is 8.67. The van der Waals surface area contributed by atoms with Crippen molar-refractivity contribution < 1.29 is 13.5 Å². The van der Waals surface area contributed by atoms with Crippen LogP contribution in [0.4, 0.5) is 8.78 Å². The van der Waals surface area contributed by atoms with Crippen molar-refractivity contribution >= 4 is 15.9 Å². The minimum atomic E-state index is -0.595. The number of ether oxygens (including phenoxy) is 1. The van der Waals surface area contributed by atoms with Crippen LogP contribution in [0.5, 0.6) is 5.75 Å². The Morgan fingerprint density at radius 3 is 2.33 bits per heavy atom. The second kappa shape index (κ2) is 5.96. The molecule has 0 radical (unpaired) electrons. The van der Waals surface area contributed by atoms with Crippen LogP contribution in [-0.4, -0.2) is 0 Å². The Bertz CT molecular complexity index is 523. The van der Waals surface area contributed by atoms with Crippen LogP contribution in [0.1, 0.15) is 11.1 Å². The lowest BCUT2D eigenvalue weighted by atomic mass is 10.2. The Kier molecular flexibility index (Phi) is 4.31. The summed E-state index contributed by atoms with van der Waals surface area (Å²) < 4.78 is 31.4. The predicted octanol–water partition coefficient (Wildman–Crippen LogP) is 4.44. The molecule has 0 aliphatic carbocycles. The highest BCUT2D eigenvalue weighted by molar-refractivity contribution is 9.08. The lowest BCUT2D eigenvalue weighted by Crippen LogP contribution is -1.97. The first kappa shape index (κ1) is 13.0. The summed E-state index contributed by atoms with van der Waals surface area (Å²) in [4.78, 5) is 0. The summed E-state index contributed by atoms with van der Waals surface area (Å²) in [5.41, 5.74) is 1.55. The van der Waals surface area contributed by atoms with E-state index in [1.165, 1.54) is 12.1 Å². The summed E-state index contributed by atoms with van der Waals surface area (Å²) in [7, 11) is 0. The monoisotopic (exact) mass is 312 g/mol. The van der Waals surface area contributed by atoms with E-state index in [0.29, 0.717) is 11.3 Å². The van der Waals surface area contributed by atoms with Crippen LogP contribution in [0.25, 0.3) is 0 Å². The molecule has 0 unspecified atom stereocenters.